The molecular formula is C12H24N2O2. The molecular weight excluding hydrogens is 204 g/mol. The third kappa shape index (κ3) is 2.17. The first-order valence-electron chi connectivity index (χ1n) is 5.86. The van der Waals surface area contributed by atoms with Gasteiger partial charge in [-0.05, 0) is 32.4 Å². The highest BCUT2D eigenvalue weighted by Crippen LogP contribution is 2.43. The largest absolute Gasteiger partial charge is 0.465 e. The van der Waals surface area contributed by atoms with Gasteiger partial charge in [0, 0.05) is 13.1 Å². The van der Waals surface area contributed by atoms with Crippen molar-refractivity contribution in [3.8, 4) is 0 Å². The van der Waals surface area contributed by atoms with E-state index in [0.29, 0.717) is 6.54 Å². The van der Waals surface area contributed by atoms with E-state index in [-0.39, 0.29) is 11.0 Å². The summed E-state index contributed by atoms with van der Waals surface area (Å²) in [5.41, 5.74) is -0.283. The molecule has 1 saturated heterocycles. The van der Waals surface area contributed by atoms with Crippen LogP contribution < -0.4 is 0 Å². The van der Waals surface area contributed by atoms with Crippen molar-refractivity contribution >= 4 is 6.09 Å². The van der Waals surface area contributed by atoms with Crippen LogP contribution in [0.2, 0.25) is 0 Å². The Morgan fingerprint density at radius 2 is 2.00 bits per heavy atom. The summed E-state index contributed by atoms with van der Waals surface area (Å²) in [6.07, 6.45) is 1.15. The molecule has 0 saturated carbocycles. The average molecular weight is 228 g/mol. The van der Waals surface area contributed by atoms with Crippen LogP contribution in [0.3, 0.4) is 0 Å². The molecule has 1 unspecified atom stereocenters. The molecule has 94 valence electrons. The highest BCUT2D eigenvalue weighted by molar-refractivity contribution is 5.67. The summed E-state index contributed by atoms with van der Waals surface area (Å²) in [5, 5.41) is 9.33. The van der Waals surface area contributed by atoms with Gasteiger partial charge >= 0.3 is 6.09 Å². The second kappa shape index (κ2) is 4.24. The number of nitrogens with zero attached hydrogens (tertiary/aromatic N) is 2. The van der Waals surface area contributed by atoms with Gasteiger partial charge in [-0.15, -0.1) is 0 Å². The van der Waals surface area contributed by atoms with Crippen molar-refractivity contribution in [3.05, 3.63) is 0 Å². The number of carbonyl (C=O) groups is 1. The fraction of sp³-hybridized carbons (Fsp3) is 0.917. The number of amides is 1. The number of hydrogen-bond acceptors (Lipinski definition) is 2. The summed E-state index contributed by atoms with van der Waals surface area (Å²) in [6.45, 7) is 7.87. The first-order chi connectivity index (χ1) is 7.21. The van der Waals surface area contributed by atoms with E-state index < -0.39 is 6.09 Å². The predicted octanol–water partition coefficient (Wildman–Crippen LogP) is 2.11. The standard InChI is InChI=1S/C12H24N2O2/c1-11(2,3)12(9-13(4)5)7-6-8-14(12)10(15)16/h6-9H2,1-5H3,(H,15,16). The molecule has 1 N–H and O–H groups in total. The van der Waals surface area contributed by atoms with Gasteiger partial charge in [0.25, 0.3) is 0 Å². The normalized spacial score (nSPS) is 26.5. The Labute approximate surface area is 98.2 Å². The van der Waals surface area contributed by atoms with Crippen LogP contribution in [0, 0.1) is 5.41 Å². The number of likely N-dealkylation sites (tertiary alicyclic amines) is 1. The molecule has 1 heterocycles. The molecule has 1 amide bonds. The van der Waals surface area contributed by atoms with Gasteiger partial charge < -0.3 is 14.9 Å². The molecule has 1 aliphatic rings. The molecule has 0 aromatic carbocycles. The Bertz CT molecular complexity index is 271. The first-order valence-corrected chi connectivity index (χ1v) is 5.86. The second-order valence-corrected chi connectivity index (χ2v) is 6.06. The molecule has 1 aliphatic heterocycles. The topological polar surface area (TPSA) is 43.8 Å². The zero-order valence-electron chi connectivity index (χ0n) is 11.1. The molecule has 0 aromatic heterocycles. The number of hydrogen-bond donors (Lipinski definition) is 1. The zero-order valence-corrected chi connectivity index (χ0v) is 11.1. The van der Waals surface area contributed by atoms with Crippen molar-refractivity contribution in [2.75, 3.05) is 27.2 Å². The van der Waals surface area contributed by atoms with Crippen LogP contribution in [-0.2, 0) is 0 Å². The molecule has 1 rings (SSSR count). The SMILES string of the molecule is CN(C)CC1(C(C)(C)C)CCCN1C(=O)O. The Kier molecular flexibility index (Phi) is 3.53. The Morgan fingerprint density at radius 3 is 2.38 bits per heavy atom. The van der Waals surface area contributed by atoms with Crippen LogP contribution >= 0.6 is 0 Å². The molecule has 4 nitrogen and oxygen atoms in total. The molecule has 1 fully saturated rings. The summed E-state index contributed by atoms with van der Waals surface area (Å²) in [6, 6.07) is 0. The predicted molar refractivity (Wildman–Crippen MR) is 64.7 cm³/mol. The van der Waals surface area contributed by atoms with E-state index in [9.17, 15) is 9.90 Å². The van der Waals surface area contributed by atoms with Gasteiger partial charge in [0.05, 0.1) is 5.54 Å². The summed E-state index contributed by atoms with van der Waals surface area (Å²) in [7, 11) is 4.01. The minimum Gasteiger partial charge on any atom is -0.465 e. The van der Waals surface area contributed by atoms with E-state index in [1.165, 1.54) is 0 Å². The van der Waals surface area contributed by atoms with Crippen LogP contribution in [0.15, 0.2) is 0 Å². The maximum absolute atomic E-state index is 11.4. The van der Waals surface area contributed by atoms with Crippen molar-refractivity contribution in [1.82, 2.24) is 9.80 Å². The van der Waals surface area contributed by atoms with E-state index in [1.807, 2.05) is 14.1 Å². The van der Waals surface area contributed by atoms with Gasteiger partial charge in [0.15, 0.2) is 0 Å². The number of rotatable bonds is 2. The van der Waals surface area contributed by atoms with Gasteiger partial charge in [-0.3, -0.25) is 0 Å². The van der Waals surface area contributed by atoms with E-state index in [0.717, 1.165) is 19.4 Å². The minimum atomic E-state index is -0.783. The van der Waals surface area contributed by atoms with Crippen molar-refractivity contribution in [1.29, 1.82) is 0 Å². The quantitative estimate of drug-likeness (QED) is 0.787. The molecule has 0 spiro atoms. The smallest absolute Gasteiger partial charge is 0.407 e. The molecule has 4 heteroatoms. The van der Waals surface area contributed by atoms with Crippen LogP contribution in [0.1, 0.15) is 33.6 Å². The van der Waals surface area contributed by atoms with E-state index in [2.05, 4.69) is 25.7 Å². The molecule has 16 heavy (non-hydrogen) atoms. The Balaban J connectivity index is 3.08. The maximum atomic E-state index is 11.4. The van der Waals surface area contributed by atoms with E-state index >= 15 is 0 Å². The average Bonchev–Trinajstić information content (AvgIpc) is 2.46. The Morgan fingerprint density at radius 1 is 1.44 bits per heavy atom. The molecule has 0 bridgehead atoms. The lowest BCUT2D eigenvalue weighted by Gasteiger charge is -2.48. The Hall–Kier alpha value is -0.770. The number of likely N-dealkylation sites (N-methyl/N-ethyl adjacent to an activating group) is 1. The second-order valence-electron chi connectivity index (χ2n) is 6.06. The molecule has 0 aromatic rings. The molecule has 0 aliphatic carbocycles. The lowest BCUT2D eigenvalue weighted by molar-refractivity contribution is 0.0127. The van der Waals surface area contributed by atoms with E-state index in [4.69, 9.17) is 0 Å². The summed E-state index contributed by atoms with van der Waals surface area (Å²) in [4.78, 5) is 15.1. The van der Waals surface area contributed by atoms with Crippen LogP contribution in [0.5, 0.6) is 0 Å². The first kappa shape index (κ1) is 13.3. The summed E-state index contributed by atoms with van der Waals surface area (Å²) < 4.78 is 0. The zero-order chi connectivity index (χ0) is 12.6. The van der Waals surface area contributed by atoms with Crippen molar-refractivity contribution in [2.24, 2.45) is 5.41 Å². The van der Waals surface area contributed by atoms with Crippen molar-refractivity contribution in [2.45, 2.75) is 39.2 Å². The van der Waals surface area contributed by atoms with Gasteiger partial charge in [-0.2, -0.15) is 0 Å². The van der Waals surface area contributed by atoms with Crippen LogP contribution in [-0.4, -0.2) is 53.7 Å². The third-order valence-corrected chi connectivity index (χ3v) is 3.69. The van der Waals surface area contributed by atoms with Gasteiger partial charge in [-0.25, -0.2) is 4.79 Å². The van der Waals surface area contributed by atoms with Gasteiger partial charge in [-0.1, -0.05) is 20.8 Å². The highest BCUT2D eigenvalue weighted by Gasteiger charge is 2.51. The van der Waals surface area contributed by atoms with Crippen LogP contribution in [0.25, 0.3) is 0 Å². The summed E-state index contributed by atoms with van der Waals surface area (Å²) in [5.74, 6) is 0. The monoisotopic (exact) mass is 228 g/mol. The van der Waals surface area contributed by atoms with Gasteiger partial charge in [0.1, 0.15) is 0 Å². The fourth-order valence-electron chi connectivity index (χ4n) is 2.86. The van der Waals surface area contributed by atoms with E-state index in [1.54, 1.807) is 4.90 Å². The van der Waals surface area contributed by atoms with Gasteiger partial charge in [0.2, 0.25) is 0 Å². The third-order valence-electron chi connectivity index (χ3n) is 3.69. The van der Waals surface area contributed by atoms with Crippen molar-refractivity contribution < 1.29 is 9.90 Å². The maximum Gasteiger partial charge on any atom is 0.407 e. The number of carboxylic acid groups (broad SMARTS) is 1. The summed E-state index contributed by atoms with van der Waals surface area (Å²) >= 11 is 0. The minimum absolute atomic E-state index is 0.0356. The van der Waals surface area contributed by atoms with Crippen LogP contribution in [0.4, 0.5) is 4.79 Å². The molecule has 0 radical (unpaired) electrons. The molecule has 1 atom stereocenters. The van der Waals surface area contributed by atoms with Crippen molar-refractivity contribution in [3.63, 3.8) is 0 Å². The lowest BCUT2D eigenvalue weighted by Crippen LogP contribution is -2.60. The fourth-order valence-corrected chi connectivity index (χ4v) is 2.86. The highest BCUT2D eigenvalue weighted by atomic mass is 16.4. The lowest BCUT2D eigenvalue weighted by atomic mass is 9.71.